The summed E-state index contributed by atoms with van der Waals surface area (Å²) in [4.78, 5) is 27.3. The van der Waals surface area contributed by atoms with Crippen LogP contribution in [0.15, 0.2) is 48.5 Å². The number of amides is 2. The first-order valence-corrected chi connectivity index (χ1v) is 13.3. The van der Waals surface area contributed by atoms with Gasteiger partial charge >= 0.3 is 6.18 Å². The Morgan fingerprint density at radius 2 is 1.67 bits per heavy atom. The molecule has 0 heterocycles. The van der Waals surface area contributed by atoms with Crippen molar-refractivity contribution in [2.75, 3.05) is 23.7 Å². The highest BCUT2D eigenvalue weighted by Crippen LogP contribution is 2.36. The molecule has 7 nitrogen and oxygen atoms in total. The van der Waals surface area contributed by atoms with Crippen LogP contribution in [0.2, 0.25) is 5.02 Å². The first-order chi connectivity index (χ1) is 16.6. The highest BCUT2D eigenvalue weighted by atomic mass is 35.5. The van der Waals surface area contributed by atoms with Crippen molar-refractivity contribution >= 4 is 39.1 Å². The zero-order valence-corrected chi connectivity index (χ0v) is 21.9. The zero-order valence-electron chi connectivity index (χ0n) is 20.3. The summed E-state index contributed by atoms with van der Waals surface area (Å²) in [6, 6.07) is 10.2. The Hall–Kier alpha value is -2.79. The van der Waals surface area contributed by atoms with E-state index in [1.165, 1.54) is 11.8 Å². The first-order valence-electron chi connectivity index (χ1n) is 11.1. The average Bonchev–Trinajstić information content (AvgIpc) is 2.76. The Morgan fingerprint density at radius 3 is 2.19 bits per heavy atom. The number of hydrogen-bond donors (Lipinski definition) is 1. The third-order valence-corrected chi connectivity index (χ3v) is 6.75. The molecule has 1 N–H and O–H groups in total. The third kappa shape index (κ3) is 8.12. The van der Waals surface area contributed by atoms with Crippen LogP contribution in [0.5, 0.6) is 0 Å². The van der Waals surface area contributed by atoms with Gasteiger partial charge in [-0.05, 0) is 51.0 Å². The number of nitrogens with zero attached hydrogens (tertiary/aromatic N) is 2. The number of nitrogens with one attached hydrogen (secondary N) is 1. The van der Waals surface area contributed by atoms with Gasteiger partial charge in [0, 0.05) is 12.6 Å². The van der Waals surface area contributed by atoms with Crippen molar-refractivity contribution in [3.8, 4) is 0 Å². The molecule has 0 saturated heterocycles. The van der Waals surface area contributed by atoms with Crippen molar-refractivity contribution in [2.45, 2.75) is 45.5 Å². The summed E-state index contributed by atoms with van der Waals surface area (Å²) in [6.45, 7) is 4.24. The minimum Gasteiger partial charge on any atom is -0.352 e. The van der Waals surface area contributed by atoms with E-state index in [-0.39, 0.29) is 17.6 Å². The molecule has 2 aromatic rings. The third-order valence-electron chi connectivity index (χ3n) is 5.30. The van der Waals surface area contributed by atoms with Crippen LogP contribution in [0.4, 0.5) is 18.9 Å². The number of halogens is 4. The maximum Gasteiger partial charge on any atom is 0.416 e. The molecule has 0 aliphatic heterocycles. The normalized spacial score (nSPS) is 12.8. The highest BCUT2D eigenvalue weighted by Gasteiger charge is 2.34. The molecular weight excluding hydrogens is 519 g/mol. The van der Waals surface area contributed by atoms with E-state index in [4.69, 9.17) is 11.6 Å². The molecule has 12 heteroatoms. The zero-order chi connectivity index (χ0) is 27.3. The lowest BCUT2D eigenvalue weighted by atomic mass is 10.1. The van der Waals surface area contributed by atoms with Gasteiger partial charge in [-0.25, -0.2) is 8.42 Å². The summed E-state index contributed by atoms with van der Waals surface area (Å²) in [7, 11) is -4.23. The summed E-state index contributed by atoms with van der Waals surface area (Å²) in [6.07, 6.45) is -3.62. The lowest BCUT2D eigenvalue weighted by Crippen LogP contribution is -2.53. The van der Waals surface area contributed by atoms with Gasteiger partial charge < -0.3 is 10.2 Å². The number of carbonyl (C=O) groups is 2. The number of carbonyl (C=O) groups excluding carboxylic acids is 2. The van der Waals surface area contributed by atoms with Crippen LogP contribution in [-0.2, 0) is 32.2 Å². The van der Waals surface area contributed by atoms with Crippen molar-refractivity contribution in [3.63, 3.8) is 0 Å². The standard InChI is InChI=1S/C24H29ClF3N3O4S/c1-16(2)29-23(33)17(3)30(13-12-18-8-6-5-7-9-18)22(32)15-31(36(4,34)35)21-14-19(24(26,27)28)10-11-20(21)25/h5-11,14,16-17H,12-13,15H2,1-4H3,(H,29,33)/t17-/m0/s1. The van der Waals surface area contributed by atoms with Crippen LogP contribution in [-0.4, -0.2) is 56.6 Å². The molecule has 0 aliphatic carbocycles. The number of rotatable bonds is 10. The van der Waals surface area contributed by atoms with Crippen LogP contribution < -0.4 is 9.62 Å². The summed E-state index contributed by atoms with van der Waals surface area (Å²) < 4.78 is 65.5. The molecule has 0 unspecified atom stereocenters. The van der Waals surface area contributed by atoms with E-state index in [1.807, 2.05) is 30.3 Å². The highest BCUT2D eigenvalue weighted by molar-refractivity contribution is 7.92. The molecule has 0 bridgehead atoms. The predicted molar refractivity (Wildman–Crippen MR) is 133 cm³/mol. The molecule has 2 aromatic carbocycles. The van der Waals surface area contributed by atoms with E-state index in [1.54, 1.807) is 13.8 Å². The Morgan fingerprint density at radius 1 is 1.06 bits per heavy atom. The van der Waals surface area contributed by atoms with Gasteiger partial charge in [-0.1, -0.05) is 41.9 Å². The van der Waals surface area contributed by atoms with Gasteiger partial charge in [0.1, 0.15) is 12.6 Å². The van der Waals surface area contributed by atoms with Crippen LogP contribution in [0, 0.1) is 0 Å². The number of hydrogen-bond acceptors (Lipinski definition) is 4. The molecule has 0 spiro atoms. The number of alkyl halides is 3. The largest absolute Gasteiger partial charge is 0.416 e. The molecular formula is C24H29ClF3N3O4S. The second-order valence-corrected chi connectivity index (χ2v) is 10.9. The van der Waals surface area contributed by atoms with Gasteiger partial charge in [0.25, 0.3) is 0 Å². The van der Waals surface area contributed by atoms with Gasteiger partial charge in [0.05, 0.1) is 22.5 Å². The summed E-state index contributed by atoms with van der Waals surface area (Å²) >= 11 is 6.06. The molecule has 0 radical (unpaired) electrons. The van der Waals surface area contributed by atoms with Gasteiger partial charge in [0.2, 0.25) is 21.8 Å². The molecule has 0 saturated carbocycles. The molecule has 0 fully saturated rings. The van der Waals surface area contributed by atoms with Crippen molar-refractivity contribution in [3.05, 3.63) is 64.7 Å². The maximum atomic E-state index is 13.4. The summed E-state index contributed by atoms with van der Waals surface area (Å²) in [5, 5.41) is 2.44. The van der Waals surface area contributed by atoms with E-state index < -0.39 is 51.9 Å². The Balaban J connectivity index is 2.43. The van der Waals surface area contributed by atoms with Crippen LogP contribution in [0.3, 0.4) is 0 Å². The monoisotopic (exact) mass is 547 g/mol. The fourth-order valence-corrected chi connectivity index (χ4v) is 4.57. The van der Waals surface area contributed by atoms with E-state index in [9.17, 15) is 31.2 Å². The summed E-state index contributed by atoms with van der Waals surface area (Å²) in [5.41, 5.74) is -0.717. The lowest BCUT2D eigenvalue weighted by molar-refractivity contribution is -0.139. The lowest BCUT2D eigenvalue weighted by Gasteiger charge is -2.32. The van der Waals surface area contributed by atoms with E-state index >= 15 is 0 Å². The molecule has 36 heavy (non-hydrogen) atoms. The Bertz CT molecular complexity index is 1170. The van der Waals surface area contributed by atoms with E-state index in [2.05, 4.69) is 5.32 Å². The van der Waals surface area contributed by atoms with E-state index in [0.29, 0.717) is 16.8 Å². The van der Waals surface area contributed by atoms with Crippen LogP contribution >= 0.6 is 11.6 Å². The second-order valence-electron chi connectivity index (χ2n) is 8.60. The molecule has 2 rings (SSSR count). The van der Waals surface area contributed by atoms with Crippen LogP contribution in [0.25, 0.3) is 0 Å². The quantitative estimate of drug-likeness (QED) is 0.485. The van der Waals surface area contributed by atoms with Crippen molar-refractivity contribution in [2.24, 2.45) is 0 Å². The van der Waals surface area contributed by atoms with Gasteiger partial charge in [-0.2, -0.15) is 13.2 Å². The van der Waals surface area contributed by atoms with E-state index in [0.717, 1.165) is 24.0 Å². The Kier molecular flexibility index (Phi) is 9.78. The molecule has 1 atom stereocenters. The van der Waals surface area contributed by atoms with Crippen molar-refractivity contribution in [1.29, 1.82) is 0 Å². The number of anilines is 1. The minimum absolute atomic E-state index is 0.0729. The minimum atomic E-state index is -4.75. The topological polar surface area (TPSA) is 86.8 Å². The molecule has 0 aromatic heterocycles. The first kappa shape index (κ1) is 29.4. The number of benzene rings is 2. The number of sulfonamides is 1. The van der Waals surface area contributed by atoms with Gasteiger partial charge in [-0.15, -0.1) is 0 Å². The smallest absolute Gasteiger partial charge is 0.352 e. The fraction of sp³-hybridized carbons (Fsp3) is 0.417. The molecule has 198 valence electrons. The maximum absolute atomic E-state index is 13.4. The molecule has 0 aliphatic rings. The molecule has 2 amide bonds. The Labute approximate surface area is 214 Å². The van der Waals surface area contributed by atoms with Crippen LogP contribution in [0.1, 0.15) is 31.9 Å². The summed E-state index contributed by atoms with van der Waals surface area (Å²) in [5.74, 6) is -1.22. The van der Waals surface area contributed by atoms with Gasteiger partial charge in [-0.3, -0.25) is 13.9 Å². The average molecular weight is 548 g/mol. The second kappa shape index (κ2) is 12.0. The van der Waals surface area contributed by atoms with Gasteiger partial charge in [0.15, 0.2) is 0 Å². The van der Waals surface area contributed by atoms with Crippen molar-refractivity contribution in [1.82, 2.24) is 10.2 Å². The van der Waals surface area contributed by atoms with Crippen molar-refractivity contribution < 1.29 is 31.2 Å². The fourth-order valence-electron chi connectivity index (χ4n) is 3.45. The SMILES string of the molecule is CC(C)NC(=O)[C@H](C)N(CCc1ccccc1)C(=O)CN(c1cc(C(F)(F)F)ccc1Cl)S(C)(=O)=O. The predicted octanol–water partition coefficient (Wildman–Crippen LogP) is 4.11.